The minimum absolute atomic E-state index is 0.150. The lowest BCUT2D eigenvalue weighted by atomic mass is 9.97. The second kappa shape index (κ2) is 9.49. The number of hydrogen-bond donors (Lipinski definition) is 1. The molecule has 1 N–H and O–H groups in total. The molecule has 1 aliphatic heterocycles. The fourth-order valence-electron chi connectivity index (χ4n) is 4.21. The van der Waals surface area contributed by atoms with Gasteiger partial charge in [-0.3, -0.25) is 9.59 Å². The minimum atomic E-state index is -0.311. The zero-order chi connectivity index (χ0) is 24.5. The first kappa shape index (κ1) is 23.0. The van der Waals surface area contributed by atoms with Gasteiger partial charge in [0.15, 0.2) is 11.3 Å². The normalized spacial score (nSPS) is 14.4. The third-order valence-corrected chi connectivity index (χ3v) is 7.19. The predicted molar refractivity (Wildman–Crippen MR) is 128 cm³/mol. The summed E-state index contributed by atoms with van der Waals surface area (Å²) < 4.78 is 14.7. The van der Waals surface area contributed by atoms with Gasteiger partial charge in [-0.15, -0.1) is 21.5 Å². The van der Waals surface area contributed by atoms with E-state index in [4.69, 9.17) is 0 Å². The van der Waals surface area contributed by atoms with Gasteiger partial charge in [0.2, 0.25) is 0 Å². The standard InChI is InChI=1S/C24H24FN7O2S/c1-14-11-20-28-29-21(15(2)32(20)30-14)24(34)31-9-7-17(8-10-31)23-27-19(13-35-23)22(33)26-12-16-3-5-18(25)6-4-16/h3-6,11,13,17H,7-10,12H2,1-2H3,(H,26,33). The Hall–Kier alpha value is -3.73. The van der Waals surface area contributed by atoms with Gasteiger partial charge in [-0.1, -0.05) is 12.1 Å². The number of nitrogens with one attached hydrogen (secondary N) is 1. The molecule has 5 rings (SSSR count). The highest BCUT2D eigenvalue weighted by Crippen LogP contribution is 2.31. The van der Waals surface area contributed by atoms with Crippen LogP contribution < -0.4 is 5.32 Å². The number of hydrogen-bond acceptors (Lipinski definition) is 7. The first-order chi connectivity index (χ1) is 16.9. The maximum Gasteiger partial charge on any atom is 0.276 e. The predicted octanol–water partition coefficient (Wildman–Crippen LogP) is 3.29. The van der Waals surface area contributed by atoms with E-state index in [1.54, 1.807) is 26.9 Å². The number of nitrogens with zero attached hydrogens (tertiary/aromatic N) is 6. The second-order valence-electron chi connectivity index (χ2n) is 8.64. The maximum absolute atomic E-state index is 13.1. The highest BCUT2D eigenvalue weighted by atomic mass is 32.1. The van der Waals surface area contributed by atoms with Crippen LogP contribution in [0, 0.1) is 19.7 Å². The molecule has 11 heteroatoms. The molecule has 0 atom stereocenters. The molecular weight excluding hydrogens is 469 g/mol. The van der Waals surface area contributed by atoms with Crippen LogP contribution in [-0.4, -0.2) is 54.6 Å². The first-order valence-corrected chi connectivity index (χ1v) is 12.2. The van der Waals surface area contributed by atoms with E-state index in [1.165, 1.54) is 23.5 Å². The van der Waals surface area contributed by atoms with Crippen molar-refractivity contribution in [3.05, 3.63) is 74.9 Å². The van der Waals surface area contributed by atoms with Crippen molar-refractivity contribution in [3.63, 3.8) is 0 Å². The molecule has 35 heavy (non-hydrogen) atoms. The molecule has 4 heterocycles. The topological polar surface area (TPSA) is 105 Å². The molecular formula is C24H24FN7O2S. The highest BCUT2D eigenvalue weighted by molar-refractivity contribution is 7.09. The third kappa shape index (κ3) is 4.76. The van der Waals surface area contributed by atoms with Gasteiger partial charge in [0, 0.05) is 37.0 Å². The zero-order valence-electron chi connectivity index (χ0n) is 19.4. The van der Waals surface area contributed by atoms with Crippen molar-refractivity contribution in [2.24, 2.45) is 0 Å². The highest BCUT2D eigenvalue weighted by Gasteiger charge is 2.29. The van der Waals surface area contributed by atoms with Crippen LogP contribution in [0.25, 0.3) is 5.65 Å². The number of fused-ring (bicyclic) bond motifs is 1. The molecule has 3 aromatic heterocycles. The van der Waals surface area contributed by atoms with Crippen molar-refractivity contribution >= 4 is 28.8 Å². The Balaban J connectivity index is 1.18. The number of likely N-dealkylation sites (tertiary alicyclic amines) is 1. The van der Waals surface area contributed by atoms with E-state index in [9.17, 15) is 14.0 Å². The van der Waals surface area contributed by atoms with Crippen LogP contribution in [0.15, 0.2) is 35.7 Å². The monoisotopic (exact) mass is 493 g/mol. The lowest BCUT2D eigenvalue weighted by Crippen LogP contribution is -2.39. The summed E-state index contributed by atoms with van der Waals surface area (Å²) in [5.41, 5.74) is 3.62. The van der Waals surface area contributed by atoms with Crippen LogP contribution in [-0.2, 0) is 6.54 Å². The molecule has 9 nitrogen and oxygen atoms in total. The fraction of sp³-hybridized carbons (Fsp3) is 0.333. The molecule has 0 saturated carbocycles. The average molecular weight is 494 g/mol. The summed E-state index contributed by atoms with van der Waals surface area (Å²) in [4.78, 5) is 31.9. The summed E-state index contributed by atoms with van der Waals surface area (Å²) in [6, 6.07) is 7.83. The quantitative estimate of drug-likeness (QED) is 0.457. The lowest BCUT2D eigenvalue weighted by Gasteiger charge is -2.31. The van der Waals surface area contributed by atoms with Crippen LogP contribution >= 0.6 is 11.3 Å². The van der Waals surface area contributed by atoms with Gasteiger partial charge in [0.25, 0.3) is 11.8 Å². The van der Waals surface area contributed by atoms with Gasteiger partial charge in [-0.05, 0) is 44.4 Å². The van der Waals surface area contributed by atoms with E-state index in [2.05, 4.69) is 25.6 Å². The molecule has 0 spiro atoms. The summed E-state index contributed by atoms with van der Waals surface area (Å²) >= 11 is 1.46. The smallest absolute Gasteiger partial charge is 0.276 e. The molecule has 180 valence electrons. The molecule has 0 aliphatic carbocycles. The number of aryl methyl sites for hydroxylation is 2. The molecule has 4 aromatic rings. The molecule has 0 radical (unpaired) electrons. The van der Waals surface area contributed by atoms with Crippen molar-refractivity contribution in [2.45, 2.75) is 39.2 Å². The molecule has 1 saturated heterocycles. The number of carbonyl (C=O) groups excluding carboxylic acids is 2. The average Bonchev–Trinajstić information content (AvgIpc) is 3.51. The molecule has 2 amide bonds. The Kier molecular flexibility index (Phi) is 6.25. The number of halogens is 1. The summed E-state index contributed by atoms with van der Waals surface area (Å²) in [5, 5.41) is 18.2. The summed E-state index contributed by atoms with van der Waals surface area (Å²) in [6.07, 6.45) is 1.51. The first-order valence-electron chi connectivity index (χ1n) is 11.4. The summed E-state index contributed by atoms with van der Waals surface area (Å²) in [6.45, 7) is 5.16. The van der Waals surface area contributed by atoms with Gasteiger partial charge in [-0.2, -0.15) is 5.10 Å². The number of aromatic nitrogens is 5. The molecule has 1 aliphatic rings. The van der Waals surface area contributed by atoms with E-state index in [1.807, 2.05) is 19.9 Å². The SMILES string of the molecule is Cc1cc2nnc(C(=O)N3CCC(c4nc(C(=O)NCc5ccc(F)cc5)cs4)CC3)c(C)n2n1. The van der Waals surface area contributed by atoms with Crippen LogP contribution in [0.2, 0.25) is 0 Å². The number of amides is 2. The van der Waals surface area contributed by atoms with Crippen LogP contribution in [0.3, 0.4) is 0 Å². The Labute approximate surface area is 205 Å². The van der Waals surface area contributed by atoms with Gasteiger partial charge in [0.05, 0.1) is 16.4 Å². The maximum atomic E-state index is 13.1. The number of benzene rings is 1. The van der Waals surface area contributed by atoms with E-state index in [0.717, 1.165) is 29.1 Å². The Morgan fingerprint density at radius 3 is 2.63 bits per heavy atom. The van der Waals surface area contributed by atoms with E-state index >= 15 is 0 Å². The van der Waals surface area contributed by atoms with Gasteiger partial charge in [0.1, 0.15) is 11.5 Å². The van der Waals surface area contributed by atoms with Crippen LogP contribution in [0.4, 0.5) is 4.39 Å². The Morgan fingerprint density at radius 1 is 1.14 bits per heavy atom. The minimum Gasteiger partial charge on any atom is -0.347 e. The van der Waals surface area contributed by atoms with Gasteiger partial charge >= 0.3 is 0 Å². The van der Waals surface area contributed by atoms with Crippen molar-refractivity contribution in [1.82, 2.24) is 35.0 Å². The Bertz CT molecular complexity index is 1390. The number of thiazole rings is 1. The van der Waals surface area contributed by atoms with Crippen molar-refractivity contribution in [1.29, 1.82) is 0 Å². The molecule has 0 bridgehead atoms. The third-order valence-electron chi connectivity index (χ3n) is 6.18. The largest absolute Gasteiger partial charge is 0.347 e. The van der Waals surface area contributed by atoms with Crippen molar-refractivity contribution < 1.29 is 14.0 Å². The van der Waals surface area contributed by atoms with Gasteiger partial charge < -0.3 is 10.2 Å². The second-order valence-corrected chi connectivity index (χ2v) is 9.53. The van der Waals surface area contributed by atoms with Crippen molar-refractivity contribution in [2.75, 3.05) is 13.1 Å². The number of piperidine rings is 1. The molecule has 0 unspecified atom stereocenters. The number of carbonyl (C=O) groups is 2. The van der Waals surface area contributed by atoms with E-state index in [-0.39, 0.29) is 23.5 Å². The van der Waals surface area contributed by atoms with E-state index < -0.39 is 0 Å². The molecule has 1 fully saturated rings. The van der Waals surface area contributed by atoms with Crippen molar-refractivity contribution in [3.8, 4) is 0 Å². The Morgan fingerprint density at radius 2 is 1.89 bits per heavy atom. The summed E-state index contributed by atoms with van der Waals surface area (Å²) in [5.74, 6) is -0.536. The lowest BCUT2D eigenvalue weighted by molar-refractivity contribution is 0.0704. The summed E-state index contributed by atoms with van der Waals surface area (Å²) in [7, 11) is 0. The van der Waals surface area contributed by atoms with Gasteiger partial charge in [-0.25, -0.2) is 13.9 Å². The van der Waals surface area contributed by atoms with Crippen LogP contribution in [0.5, 0.6) is 0 Å². The van der Waals surface area contributed by atoms with E-state index in [0.29, 0.717) is 42.4 Å². The fourth-order valence-corrected chi connectivity index (χ4v) is 5.18. The number of rotatable bonds is 5. The molecule has 1 aromatic carbocycles. The zero-order valence-corrected chi connectivity index (χ0v) is 20.2. The van der Waals surface area contributed by atoms with Crippen LogP contribution in [0.1, 0.15) is 61.7 Å².